The van der Waals surface area contributed by atoms with Gasteiger partial charge in [-0.1, -0.05) is 0 Å². The lowest BCUT2D eigenvalue weighted by Crippen LogP contribution is -2.27. The zero-order valence-corrected chi connectivity index (χ0v) is 17.4. The van der Waals surface area contributed by atoms with Gasteiger partial charge >= 0.3 is 0 Å². The van der Waals surface area contributed by atoms with Crippen LogP contribution in [-0.4, -0.2) is 91.0 Å². The summed E-state index contributed by atoms with van der Waals surface area (Å²) in [7, 11) is 7.38. The largest absolute Gasteiger partial charge is 0.394 e. The van der Waals surface area contributed by atoms with Crippen LogP contribution < -0.4 is 0 Å². The van der Waals surface area contributed by atoms with Crippen LogP contribution >= 0.6 is 14.7 Å². The quantitative estimate of drug-likeness (QED) is 0.457. The molecule has 2 rings (SSSR count). The number of aliphatic hydroxyl groups is 1. The summed E-state index contributed by atoms with van der Waals surface area (Å²) in [5, 5.41) is 9.37. The molecule has 2 heterocycles. The molecule has 2 aliphatic heterocycles. The molecule has 0 aromatic heterocycles. The molecule has 26 heavy (non-hydrogen) atoms. The number of rotatable bonds is 9. The van der Waals surface area contributed by atoms with Crippen molar-refractivity contribution in [2.24, 2.45) is 11.8 Å². The summed E-state index contributed by atoms with van der Waals surface area (Å²) < 4.78 is 46.9. The highest BCUT2D eigenvalue weighted by Crippen LogP contribution is 2.50. The molecule has 7 nitrogen and oxygen atoms in total. The maximum atomic E-state index is 12.9. The molecular formula is C15H28B2O7P2. The summed E-state index contributed by atoms with van der Waals surface area (Å²) in [6, 6.07) is -0.910. The van der Waals surface area contributed by atoms with Crippen LogP contribution in [0.15, 0.2) is 0 Å². The topological polar surface area (TPSA) is 91.3 Å². The summed E-state index contributed by atoms with van der Waals surface area (Å²) in [5.41, 5.74) is 0. The third-order valence-electron chi connectivity index (χ3n) is 5.03. The van der Waals surface area contributed by atoms with Crippen molar-refractivity contribution in [1.82, 2.24) is 0 Å². The van der Waals surface area contributed by atoms with Crippen LogP contribution in [-0.2, 0) is 27.7 Å². The van der Waals surface area contributed by atoms with Gasteiger partial charge < -0.3 is 23.6 Å². The number of aliphatic hydroxyl groups excluding tert-OH is 1. The number of hydrogen-bond donors (Lipinski definition) is 1. The van der Waals surface area contributed by atoms with Crippen molar-refractivity contribution in [2.75, 3.05) is 46.0 Å². The first kappa shape index (κ1) is 22.7. The summed E-state index contributed by atoms with van der Waals surface area (Å²) in [6.07, 6.45) is 0.918. The molecule has 8 atom stereocenters. The molecule has 0 aromatic carbocycles. The Balaban J connectivity index is 1.90. The normalized spacial score (nSPS) is 39.5. The molecule has 0 bridgehead atoms. The van der Waals surface area contributed by atoms with Crippen LogP contribution in [0.1, 0.15) is 12.8 Å². The van der Waals surface area contributed by atoms with Gasteiger partial charge in [0, 0.05) is 44.8 Å². The van der Waals surface area contributed by atoms with Crippen molar-refractivity contribution in [3.05, 3.63) is 0 Å². The highest BCUT2D eigenvalue weighted by Gasteiger charge is 2.39. The van der Waals surface area contributed by atoms with Crippen molar-refractivity contribution in [2.45, 2.75) is 37.1 Å². The standard InChI is InChI=1S/C15H28B2O7P2/c1-21-25(2,19)8-11-5-15(17)24-13(11)7-22-26(3,20)9-10-4-14(16)23-12(10)6-18/h10-15,18H,4-9H2,1-3H3. The van der Waals surface area contributed by atoms with E-state index in [1.54, 1.807) is 13.3 Å². The Morgan fingerprint density at radius 2 is 1.50 bits per heavy atom. The van der Waals surface area contributed by atoms with Crippen molar-refractivity contribution >= 4 is 30.4 Å². The zero-order valence-electron chi connectivity index (χ0n) is 15.7. The Labute approximate surface area is 158 Å². The van der Waals surface area contributed by atoms with Crippen molar-refractivity contribution < 1.29 is 32.8 Å². The maximum Gasteiger partial charge on any atom is 0.200 e. The van der Waals surface area contributed by atoms with Gasteiger partial charge in [0.15, 0.2) is 7.37 Å². The Morgan fingerprint density at radius 3 is 2.04 bits per heavy atom. The van der Waals surface area contributed by atoms with Crippen molar-refractivity contribution in [3.8, 4) is 0 Å². The molecule has 0 saturated carbocycles. The summed E-state index contributed by atoms with van der Waals surface area (Å²) in [5.74, 6) is -0.188. The molecule has 8 unspecified atom stereocenters. The minimum absolute atomic E-state index is 0.0748. The fourth-order valence-electron chi connectivity index (χ4n) is 3.64. The van der Waals surface area contributed by atoms with Crippen LogP contribution in [0.5, 0.6) is 0 Å². The van der Waals surface area contributed by atoms with E-state index in [1.165, 1.54) is 7.11 Å². The zero-order chi connectivity index (χ0) is 19.5. The first-order valence-electron chi connectivity index (χ1n) is 8.81. The predicted molar refractivity (Wildman–Crippen MR) is 102 cm³/mol. The first-order valence-corrected chi connectivity index (χ1v) is 13.3. The Hall–Kier alpha value is 0.390. The highest BCUT2D eigenvalue weighted by molar-refractivity contribution is 7.58. The van der Waals surface area contributed by atoms with E-state index in [0.717, 1.165) is 0 Å². The fourth-order valence-corrected chi connectivity index (χ4v) is 6.83. The molecule has 0 aliphatic carbocycles. The maximum absolute atomic E-state index is 12.9. The molecule has 2 saturated heterocycles. The minimum Gasteiger partial charge on any atom is -0.394 e. The van der Waals surface area contributed by atoms with Crippen LogP contribution in [0, 0.1) is 11.8 Å². The third-order valence-corrected chi connectivity index (χ3v) is 8.76. The lowest BCUT2D eigenvalue weighted by molar-refractivity contribution is 0.0277. The first-order chi connectivity index (χ1) is 12.0. The van der Waals surface area contributed by atoms with E-state index in [4.69, 9.17) is 34.2 Å². The van der Waals surface area contributed by atoms with Crippen molar-refractivity contribution in [1.29, 1.82) is 0 Å². The lowest BCUT2D eigenvalue weighted by Gasteiger charge is -2.25. The lowest BCUT2D eigenvalue weighted by atomic mass is 9.92. The molecule has 0 spiro atoms. The van der Waals surface area contributed by atoms with Gasteiger partial charge in [-0.25, -0.2) is 0 Å². The van der Waals surface area contributed by atoms with E-state index >= 15 is 0 Å². The van der Waals surface area contributed by atoms with E-state index in [-0.39, 0.29) is 37.3 Å². The molecule has 1 N–H and O–H groups in total. The van der Waals surface area contributed by atoms with Crippen LogP contribution in [0.3, 0.4) is 0 Å². The summed E-state index contributed by atoms with van der Waals surface area (Å²) in [6.45, 7) is 3.09. The van der Waals surface area contributed by atoms with Gasteiger partial charge in [0.25, 0.3) is 0 Å². The van der Waals surface area contributed by atoms with Gasteiger partial charge in [-0.3, -0.25) is 9.13 Å². The van der Waals surface area contributed by atoms with E-state index in [2.05, 4.69) is 0 Å². The SMILES string of the molecule is [B]C1CC(CP(C)(=O)OCC2OC([B])CC2CP(C)(=O)OC)C(CO)O1. The average molecular weight is 404 g/mol. The van der Waals surface area contributed by atoms with Crippen LogP contribution in [0.2, 0.25) is 0 Å². The fraction of sp³-hybridized carbons (Fsp3) is 1.00. The Kier molecular flexibility index (Phi) is 8.07. The highest BCUT2D eigenvalue weighted by atomic mass is 31.2. The van der Waals surface area contributed by atoms with Gasteiger partial charge in [0.2, 0.25) is 7.37 Å². The van der Waals surface area contributed by atoms with E-state index < -0.39 is 32.8 Å². The summed E-state index contributed by atoms with van der Waals surface area (Å²) in [4.78, 5) is 0. The van der Waals surface area contributed by atoms with Crippen LogP contribution in [0.4, 0.5) is 0 Å². The predicted octanol–water partition coefficient (Wildman–Crippen LogP) is 1.26. The minimum atomic E-state index is -2.94. The average Bonchev–Trinajstić information content (AvgIpc) is 3.06. The third kappa shape index (κ3) is 6.48. The Bertz CT molecular complexity index is 564. The molecule has 4 radical (unpaired) electrons. The molecule has 11 heteroatoms. The van der Waals surface area contributed by atoms with Crippen molar-refractivity contribution in [3.63, 3.8) is 0 Å². The Morgan fingerprint density at radius 1 is 1.00 bits per heavy atom. The second-order valence-electron chi connectivity index (χ2n) is 7.47. The van der Waals surface area contributed by atoms with Gasteiger partial charge in [0.05, 0.1) is 25.4 Å². The smallest absolute Gasteiger partial charge is 0.200 e. The monoisotopic (exact) mass is 404 g/mol. The van der Waals surface area contributed by atoms with Gasteiger partial charge in [-0.15, -0.1) is 0 Å². The van der Waals surface area contributed by atoms with E-state index in [1.807, 2.05) is 0 Å². The molecule has 0 amide bonds. The van der Waals surface area contributed by atoms with E-state index in [0.29, 0.717) is 19.0 Å². The van der Waals surface area contributed by atoms with Gasteiger partial charge in [0.1, 0.15) is 15.7 Å². The molecule has 146 valence electrons. The molecule has 2 fully saturated rings. The second-order valence-corrected chi connectivity index (χ2v) is 12.9. The van der Waals surface area contributed by atoms with E-state index in [9.17, 15) is 14.2 Å². The summed E-state index contributed by atoms with van der Waals surface area (Å²) >= 11 is 0. The van der Waals surface area contributed by atoms with Gasteiger partial charge in [-0.2, -0.15) is 0 Å². The molecule has 2 aliphatic rings. The number of hydrogen-bond acceptors (Lipinski definition) is 7. The van der Waals surface area contributed by atoms with Crippen LogP contribution in [0.25, 0.3) is 0 Å². The number of ether oxygens (including phenoxy) is 2. The second kappa shape index (κ2) is 9.26. The molecular weight excluding hydrogens is 376 g/mol. The molecule has 0 aromatic rings. The van der Waals surface area contributed by atoms with Gasteiger partial charge in [-0.05, 0) is 24.7 Å².